The van der Waals surface area contributed by atoms with Gasteiger partial charge < -0.3 is 9.80 Å². The third-order valence-electron chi connectivity index (χ3n) is 6.11. The van der Waals surface area contributed by atoms with Gasteiger partial charge in [0.05, 0.1) is 0 Å². The number of fused-ring (bicyclic) bond motifs is 4. The highest BCUT2D eigenvalue weighted by Crippen LogP contribution is 2.34. The molecule has 0 N–H and O–H groups in total. The minimum atomic E-state index is 0.241. The Bertz CT molecular complexity index is 546. The number of rotatable bonds is 2. The fourth-order valence-electron chi connectivity index (χ4n) is 4.63. The van der Waals surface area contributed by atoms with Gasteiger partial charge in [0, 0.05) is 37.4 Å². The van der Waals surface area contributed by atoms with Crippen LogP contribution in [-0.2, 0) is 0 Å². The minimum Gasteiger partial charge on any atom is -0.371 e. The summed E-state index contributed by atoms with van der Waals surface area (Å²) < 4.78 is 0. The van der Waals surface area contributed by atoms with Crippen LogP contribution in [0.1, 0.15) is 49.4 Å². The SMILES string of the molecule is CC1CCN(c2ccc(C(=O)N3CC4CCC(CC4)C3)cc2)C1. The summed E-state index contributed by atoms with van der Waals surface area (Å²) >= 11 is 0. The molecule has 2 bridgehead atoms. The second-order valence-corrected chi connectivity index (χ2v) is 7.98. The Morgan fingerprint density at radius 3 is 2.04 bits per heavy atom. The molecule has 124 valence electrons. The number of amides is 1. The molecule has 1 amide bonds. The average molecular weight is 312 g/mol. The van der Waals surface area contributed by atoms with Crippen molar-refractivity contribution in [2.75, 3.05) is 31.1 Å². The zero-order chi connectivity index (χ0) is 15.8. The highest BCUT2D eigenvalue weighted by molar-refractivity contribution is 5.94. The number of carbonyl (C=O) groups excluding carboxylic acids is 1. The molecule has 3 heterocycles. The normalized spacial score (nSPS) is 30.6. The van der Waals surface area contributed by atoms with Gasteiger partial charge in [-0.3, -0.25) is 4.79 Å². The van der Waals surface area contributed by atoms with Crippen molar-refractivity contribution in [3.05, 3.63) is 29.8 Å². The molecule has 3 nitrogen and oxygen atoms in total. The average Bonchev–Trinajstić information content (AvgIpc) is 2.81. The molecule has 4 aliphatic rings. The van der Waals surface area contributed by atoms with Gasteiger partial charge in [0.2, 0.25) is 0 Å². The summed E-state index contributed by atoms with van der Waals surface area (Å²) in [6, 6.07) is 8.34. The smallest absolute Gasteiger partial charge is 0.253 e. The molecule has 1 aromatic rings. The highest BCUT2D eigenvalue weighted by atomic mass is 16.2. The number of nitrogens with zero attached hydrogens (tertiary/aromatic N) is 2. The number of hydrogen-bond acceptors (Lipinski definition) is 2. The molecule has 1 unspecified atom stereocenters. The lowest BCUT2D eigenvalue weighted by atomic mass is 9.84. The minimum absolute atomic E-state index is 0.241. The molecule has 1 aliphatic carbocycles. The van der Waals surface area contributed by atoms with Crippen LogP contribution >= 0.6 is 0 Å². The molecule has 3 aliphatic heterocycles. The zero-order valence-corrected chi connectivity index (χ0v) is 14.2. The molecule has 3 heteroatoms. The number of carbonyl (C=O) groups is 1. The number of anilines is 1. The van der Waals surface area contributed by atoms with Crippen LogP contribution < -0.4 is 4.90 Å². The second kappa shape index (κ2) is 6.18. The van der Waals surface area contributed by atoms with E-state index in [0.717, 1.165) is 49.5 Å². The van der Waals surface area contributed by atoms with E-state index in [9.17, 15) is 4.79 Å². The fraction of sp³-hybridized carbons (Fsp3) is 0.650. The molecule has 5 rings (SSSR count). The summed E-state index contributed by atoms with van der Waals surface area (Å²) in [7, 11) is 0. The van der Waals surface area contributed by atoms with E-state index in [0.29, 0.717) is 0 Å². The Kier molecular flexibility index (Phi) is 4.04. The van der Waals surface area contributed by atoms with Crippen molar-refractivity contribution < 1.29 is 4.79 Å². The predicted octanol–water partition coefficient (Wildman–Crippen LogP) is 3.80. The Morgan fingerprint density at radius 1 is 0.913 bits per heavy atom. The van der Waals surface area contributed by atoms with Crippen molar-refractivity contribution >= 4 is 11.6 Å². The van der Waals surface area contributed by atoms with Gasteiger partial charge in [-0.25, -0.2) is 0 Å². The highest BCUT2D eigenvalue weighted by Gasteiger charge is 2.32. The van der Waals surface area contributed by atoms with Crippen molar-refractivity contribution in [1.82, 2.24) is 4.90 Å². The first-order valence-corrected chi connectivity index (χ1v) is 9.33. The second-order valence-electron chi connectivity index (χ2n) is 7.98. The monoisotopic (exact) mass is 312 g/mol. The maximum Gasteiger partial charge on any atom is 0.253 e. The first kappa shape index (κ1) is 15.0. The van der Waals surface area contributed by atoms with Crippen LogP contribution in [0.15, 0.2) is 24.3 Å². The summed E-state index contributed by atoms with van der Waals surface area (Å²) in [6.45, 7) is 6.54. The fourth-order valence-corrected chi connectivity index (χ4v) is 4.63. The summed E-state index contributed by atoms with van der Waals surface area (Å²) in [6.07, 6.45) is 6.55. The lowest BCUT2D eigenvalue weighted by molar-refractivity contribution is 0.0739. The molecular formula is C20H28N2O. The summed E-state index contributed by atoms with van der Waals surface area (Å²) in [4.78, 5) is 17.4. The lowest BCUT2D eigenvalue weighted by Gasteiger charge is -2.23. The summed E-state index contributed by atoms with van der Waals surface area (Å²) in [5.74, 6) is 2.50. The molecule has 0 aromatic heterocycles. The largest absolute Gasteiger partial charge is 0.371 e. The topological polar surface area (TPSA) is 23.6 Å². The van der Waals surface area contributed by atoms with Crippen LogP contribution in [0.2, 0.25) is 0 Å². The van der Waals surface area contributed by atoms with E-state index in [4.69, 9.17) is 0 Å². The van der Waals surface area contributed by atoms with E-state index < -0.39 is 0 Å². The molecular weight excluding hydrogens is 284 g/mol. The van der Waals surface area contributed by atoms with Gasteiger partial charge in [0.1, 0.15) is 0 Å². The van der Waals surface area contributed by atoms with Crippen LogP contribution in [0.5, 0.6) is 0 Å². The van der Waals surface area contributed by atoms with E-state index in [2.05, 4.69) is 28.9 Å². The van der Waals surface area contributed by atoms with Gasteiger partial charge in [0.15, 0.2) is 0 Å². The van der Waals surface area contributed by atoms with Crippen molar-refractivity contribution in [1.29, 1.82) is 0 Å². The third-order valence-corrected chi connectivity index (χ3v) is 6.11. The molecule has 1 atom stereocenters. The molecule has 3 saturated heterocycles. The van der Waals surface area contributed by atoms with Gasteiger partial charge in [-0.1, -0.05) is 6.92 Å². The lowest BCUT2D eigenvalue weighted by Crippen LogP contribution is -2.34. The van der Waals surface area contributed by atoms with E-state index in [1.165, 1.54) is 37.8 Å². The van der Waals surface area contributed by atoms with Crippen LogP contribution in [0.4, 0.5) is 5.69 Å². The Labute approximate surface area is 139 Å². The summed E-state index contributed by atoms with van der Waals surface area (Å²) in [5.41, 5.74) is 2.13. The Hall–Kier alpha value is -1.51. The quantitative estimate of drug-likeness (QED) is 0.829. The predicted molar refractivity (Wildman–Crippen MR) is 93.8 cm³/mol. The van der Waals surface area contributed by atoms with Crippen molar-refractivity contribution in [3.63, 3.8) is 0 Å². The number of benzene rings is 1. The Balaban J connectivity index is 1.46. The molecule has 23 heavy (non-hydrogen) atoms. The Morgan fingerprint density at radius 2 is 1.52 bits per heavy atom. The van der Waals surface area contributed by atoms with Gasteiger partial charge in [-0.05, 0) is 74.1 Å². The van der Waals surface area contributed by atoms with Gasteiger partial charge in [0.25, 0.3) is 5.91 Å². The molecule has 0 spiro atoms. The standard InChI is InChI=1S/C20H28N2O/c1-15-10-11-21(12-15)19-8-6-18(7-9-19)20(23)22-13-16-2-3-17(14-22)5-4-16/h6-9,15-17H,2-5,10-14H2,1H3. The maximum atomic E-state index is 12.9. The molecule has 1 saturated carbocycles. The maximum absolute atomic E-state index is 12.9. The first-order chi connectivity index (χ1) is 11.2. The first-order valence-electron chi connectivity index (χ1n) is 9.33. The van der Waals surface area contributed by atoms with E-state index in [1.807, 2.05) is 12.1 Å². The van der Waals surface area contributed by atoms with Crippen LogP contribution in [-0.4, -0.2) is 37.0 Å². The van der Waals surface area contributed by atoms with E-state index in [1.54, 1.807) is 0 Å². The van der Waals surface area contributed by atoms with Crippen LogP contribution in [0, 0.1) is 17.8 Å². The van der Waals surface area contributed by atoms with Gasteiger partial charge in [-0.2, -0.15) is 0 Å². The third kappa shape index (κ3) is 3.11. The molecule has 4 fully saturated rings. The van der Waals surface area contributed by atoms with Crippen molar-refractivity contribution in [2.24, 2.45) is 17.8 Å². The van der Waals surface area contributed by atoms with Gasteiger partial charge in [-0.15, -0.1) is 0 Å². The van der Waals surface area contributed by atoms with E-state index >= 15 is 0 Å². The van der Waals surface area contributed by atoms with Gasteiger partial charge >= 0.3 is 0 Å². The number of hydrogen-bond donors (Lipinski definition) is 0. The van der Waals surface area contributed by atoms with E-state index in [-0.39, 0.29) is 5.91 Å². The van der Waals surface area contributed by atoms with Crippen LogP contribution in [0.3, 0.4) is 0 Å². The molecule has 1 aromatic carbocycles. The molecule has 0 radical (unpaired) electrons. The summed E-state index contributed by atoms with van der Waals surface area (Å²) in [5, 5.41) is 0. The van der Waals surface area contributed by atoms with Crippen molar-refractivity contribution in [3.8, 4) is 0 Å². The zero-order valence-electron chi connectivity index (χ0n) is 14.2. The van der Waals surface area contributed by atoms with Crippen LogP contribution in [0.25, 0.3) is 0 Å². The van der Waals surface area contributed by atoms with Crippen molar-refractivity contribution in [2.45, 2.75) is 39.0 Å².